The smallest absolute Gasteiger partial charge is 0.352 e. The van der Waals surface area contributed by atoms with E-state index in [9.17, 15) is 9.90 Å². The molecule has 2 N–H and O–H groups in total. The van der Waals surface area contributed by atoms with Gasteiger partial charge in [-0.25, -0.2) is 9.78 Å². The van der Waals surface area contributed by atoms with Gasteiger partial charge < -0.3 is 10.4 Å². The molecule has 1 unspecified atom stereocenters. The highest BCUT2D eigenvalue weighted by atomic mass is 16.4. The zero-order valence-electron chi connectivity index (χ0n) is 12.5. The number of benzene rings is 2. The first-order valence-corrected chi connectivity index (χ1v) is 7.40. The molecule has 4 rings (SSSR count). The van der Waals surface area contributed by atoms with Gasteiger partial charge in [-0.1, -0.05) is 36.4 Å². The van der Waals surface area contributed by atoms with E-state index in [1.165, 1.54) is 0 Å². The van der Waals surface area contributed by atoms with Gasteiger partial charge in [-0.05, 0) is 36.3 Å². The number of fused-ring (bicyclic) bond motifs is 3. The van der Waals surface area contributed by atoms with E-state index in [0.29, 0.717) is 5.95 Å². The van der Waals surface area contributed by atoms with Crippen molar-refractivity contribution in [2.75, 3.05) is 5.32 Å². The molecule has 5 heteroatoms. The van der Waals surface area contributed by atoms with Crippen LogP contribution in [0.5, 0.6) is 0 Å². The summed E-state index contributed by atoms with van der Waals surface area (Å²) < 4.78 is 2.05. The normalized spacial score (nSPS) is 16.6. The van der Waals surface area contributed by atoms with Crippen LogP contribution in [-0.4, -0.2) is 20.6 Å². The van der Waals surface area contributed by atoms with Crippen molar-refractivity contribution in [2.24, 2.45) is 0 Å². The number of hydrogen-bond acceptors (Lipinski definition) is 3. The molecular weight excluding hydrogens is 290 g/mol. The molecule has 0 radical (unpaired) electrons. The number of hydrogen-bond donors (Lipinski definition) is 2. The number of aryl methyl sites for hydroxylation is 1. The quantitative estimate of drug-likeness (QED) is 0.762. The summed E-state index contributed by atoms with van der Waals surface area (Å²) in [5, 5.41) is 12.3. The predicted octanol–water partition coefficient (Wildman–Crippen LogP) is 3.33. The second-order valence-corrected chi connectivity index (χ2v) is 5.61. The SMILES string of the molecule is Cc1ccccc1C1C=C(C(=O)O)Nc2nc3ccccc3n21. The largest absolute Gasteiger partial charge is 0.477 e. The van der Waals surface area contributed by atoms with Crippen LogP contribution in [0.4, 0.5) is 5.95 Å². The summed E-state index contributed by atoms with van der Waals surface area (Å²) in [4.78, 5) is 16.0. The zero-order chi connectivity index (χ0) is 16.0. The van der Waals surface area contributed by atoms with Gasteiger partial charge in [0.1, 0.15) is 5.70 Å². The van der Waals surface area contributed by atoms with Crippen molar-refractivity contribution in [2.45, 2.75) is 13.0 Å². The number of nitrogens with zero attached hydrogens (tertiary/aromatic N) is 2. The number of allylic oxidation sites excluding steroid dienone is 1. The van der Waals surface area contributed by atoms with Crippen LogP contribution in [0.3, 0.4) is 0 Å². The predicted molar refractivity (Wildman–Crippen MR) is 88.4 cm³/mol. The molecule has 1 aromatic heterocycles. The van der Waals surface area contributed by atoms with Gasteiger partial charge in [-0.3, -0.25) is 4.57 Å². The number of anilines is 1. The van der Waals surface area contributed by atoms with Crippen LogP contribution in [-0.2, 0) is 4.79 Å². The lowest BCUT2D eigenvalue weighted by Gasteiger charge is -2.26. The first kappa shape index (κ1) is 13.6. The zero-order valence-corrected chi connectivity index (χ0v) is 12.5. The first-order valence-electron chi connectivity index (χ1n) is 7.40. The van der Waals surface area contributed by atoms with E-state index in [2.05, 4.69) is 10.3 Å². The molecular formula is C18H15N3O2. The highest BCUT2D eigenvalue weighted by Crippen LogP contribution is 2.35. The molecule has 1 atom stereocenters. The Morgan fingerprint density at radius 2 is 1.91 bits per heavy atom. The Hall–Kier alpha value is -3.08. The maximum absolute atomic E-state index is 11.5. The van der Waals surface area contributed by atoms with Gasteiger partial charge in [0, 0.05) is 0 Å². The number of rotatable bonds is 2. The number of carboxylic acid groups (broad SMARTS) is 1. The number of carbonyl (C=O) groups is 1. The average Bonchev–Trinajstić information content (AvgIpc) is 2.93. The Balaban J connectivity index is 2.00. The molecule has 3 aromatic rings. The topological polar surface area (TPSA) is 67.2 Å². The fourth-order valence-corrected chi connectivity index (χ4v) is 3.08. The molecule has 2 aromatic carbocycles. The maximum Gasteiger partial charge on any atom is 0.352 e. The Kier molecular flexibility index (Phi) is 2.94. The maximum atomic E-state index is 11.5. The van der Waals surface area contributed by atoms with E-state index in [4.69, 9.17) is 0 Å². The van der Waals surface area contributed by atoms with Gasteiger partial charge in [-0.15, -0.1) is 0 Å². The van der Waals surface area contributed by atoms with E-state index in [1.807, 2.05) is 60.0 Å². The highest BCUT2D eigenvalue weighted by Gasteiger charge is 2.27. The fourth-order valence-electron chi connectivity index (χ4n) is 3.08. The molecule has 0 saturated heterocycles. The van der Waals surface area contributed by atoms with Gasteiger partial charge in [0.15, 0.2) is 0 Å². The molecule has 0 aliphatic carbocycles. The summed E-state index contributed by atoms with van der Waals surface area (Å²) in [6.45, 7) is 2.03. The summed E-state index contributed by atoms with van der Waals surface area (Å²) in [5.41, 5.74) is 4.15. The molecule has 2 heterocycles. The van der Waals surface area contributed by atoms with Crippen molar-refractivity contribution in [3.8, 4) is 0 Å². The van der Waals surface area contributed by atoms with Crippen LogP contribution < -0.4 is 5.32 Å². The first-order chi connectivity index (χ1) is 11.1. The van der Waals surface area contributed by atoms with Crippen molar-refractivity contribution in [1.29, 1.82) is 0 Å². The molecule has 0 amide bonds. The lowest BCUT2D eigenvalue weighted by atomic mass is 9.99. The van der Waals surface area contributed by atoms with E-state index in [-0.39, 0.29) is 11.7 Å². The molecule has 0 spiro atoms. The average molecular weight is 305 g/mol. The molecule has 23 heavy (non-hydrogen) atoms. The molecule has 0 fully saturated rings. The molecule has 5 nitrogen and oxygen atoms in total. The summed E-state index contributed by atoms with van der Waals surface area (Å²) in [7, 11) is 0. The van der Waals surface area contributed by atoms with Crippen LogP contribution in [0.15, 0.2) is 60.3 Å². The van der Waals surface area contributed by atoms with Gasteiger partial charge in [0.05, 0.1) is 17.1 Å². The number of para-hydroxylation sites is 2. The summed E-state index contributed by atoms with van der Waals surface area (Å²) >= 11 is 0. The highest BCUT2D eigenvalue weighted by molar-refractivity contribution is 5.92. The van der Waals surface area contributed by atoms with Gasteiger partial charge in [-0.2, -0.15) is 0 Å². The van der Waals surface area contributed by atoms with Crippen molar-refractivity contribution in [1.82, 2.24) is 9.55 Å². The van der Waals surface area contributed by atoms with Crippen molar-refractivity contribution >= 4 is 23.0 Å². The van der Waals surface area contributed by atoms with E-state index < -0.39 is 5.97 Å². The van der Waals surface area contributed by atoms with E-state index in [0.717, 1.165) is 22.2 Å². The van der Waals surface area contributed by atoms with Gasteiger partial charge in [0.2, 0.25) is 5.95 Å². The van der Waals surface area contributed by atoms with Crippen LogP contribution in [0.1, 0.15) is 17.2 Å². The molecule has 1 aliphatic heterocycles. The third-order valence-corrected chi connectivity index (χ3v) is 4.18. The van der Waals surface area contributed by atoms with E-state index >= 15 is 0 Å². The van der Waals surface area contributed by atoms with Gasteiger partial charge in [0.25, 0.3) is 0 Å². The molecule has 0 bridgehead atoms. The Bertz CT molecular complexity index is 956. The van der Waals surface area contributed by atoms with Gasteiger partial charge >= 0.3 is 5.97 Å². The number of aliphatic carboxylic acids is 1. The summed E-state index contributed by atoms with van der Waals surface area (Å²) in [5.74, 6) is -0.429. The Labute approximate surface area is 132 Å². The molecule has 114 valence electrons. The van der Waals surface area contributed by atoms with Crippen LogP contribution >= 0.6 is 0 Å². The van der Waals surface area contributed by atoms with Crippen LogP contribution in [0.25, 0.3) is 11.0 Å². The Morgan fingerprint density at radius 1 is 1.17 bits per heavy atom. The number of aromatic nitrogens is 2. The minimum atomic E-state index is -0.984. The summed E-state index contributed by atoms with van der Waals surface area (Å²) in [6.07, 6.45) is 1.74. The van der Waals surface area contributed by atoms with Crippen molar-refractivity contribution < 1.29 is 9.90 Å². The molecule has 0 saturated carbocycles. The number of imidazole rings is 1. The lowest BCUT2D eigenvalue weighted by Crippen LogP contribution is -2.23. The second-order valence-electron chi connectivity index (χ2n) is 5.61. The van der Waals surface area contributed by atoms with Crippen LogP contribution in [0, 0.1) is 6.92 Å². The fraction of sp³-hybridized carbons (Fsp3) is 0.111. The lowest BCUT2D eigenvalue weighted by molar-refractivity contribution is -0.132. The van der Waals surface area contributed by atoms with Crippen molar-refractivity contribution in [3.05, 3.63) is 71.4 Å². The minimum absolute atomic E-state index is 0.154. The monoisotopic (exact) mass is 305 g/mol. The number of nitrogens with one attached hydrogen (secondary N) is 1. The standard InChI is InChI=1S/C18H15N3O2/c1-11-6-2-3-7-12(11)16-10-14(17(22)23)20-18-19-13-8-4-5-9-15(13)21(16)18/h2-10,16H,1H3,(H,19,20)(H,22,23). The molecule has 1 aliphatic rings. The minimum Gasteiger partial charge on any atom is -0.477 e. The third-order valence-electron chi connectivity index (χ3n) is 4.18. The second kappa shape index (κ2) is 4.98. The summed E-state index contributed by atoms with van der Waals surface area (Å²) in [6, 6.07) is 15.6. The van der Waals surface area contributed by atoms with Crippen LogP contribution in [0.2, 0.25) is 0 Å². The number of carboxylic acids is 1. The van der Waals surface area contributed by atoms with E-state index in [1.54, 1.807) is 6.08 Å². The Morgan fingerprint density at radius 3 is 2.70 bits per heavy atom. The third kappa shape index (κ3) is 2.09. The van der Waals surface area contributed by atoms with Crippen molar-refractivity contribution in [3.63, 3.8) is 0 Å².